The van der Waals surface area contributed by atoms with Gasteiger partial charge in [0.1, 0.15) is 0 Å². The molecule has 1 aliphatic heterocycles. The number of aromatic nitrogens is 1. The van der Waals surface area contributed by atoms with Crippen LogP contribution in [0.5, 0.6) is 23.0 Å². The Labute approximate surface area is 210 Å². The molecule has 0 amide bonds. The van der Waals surface area contributed by atoms with Crippen LogP contribution in [0.4, 0.5) is 0 Å². The molecule has 0 N–H and O–H groups in total. The lowest BCUT2D eigenvalue weighted by Gasteiger charge is -2.27. The molecule has 2 heterocycles. The van der Waals surface area contributed by atoms with Gasteiger partial charge in [0.05, 0.1) is 65.0 Å². The van der Waals surface area contributed by atoms with Crippen molar-refractivity contribution in [1.82, 2.24) is 9.88 Å². The average Bonchev–Trinajstić information content (AvgIpc) is 2.91. The first kappa shape index (κ1) is 25.5. The van der Waals surface area contributed by atoms with Crippen LogP contribution in [-0.4, -0.2) is 77.2 Å². The number of hydrogen-bond donors (Lipinski definition) is 0. The van der Waals surface area contributed by atoms with Crippen molar-refractivity contribution in [3.63, 3.8) is 0 Å². The Morgan fingerprint density at radius 2 is 1.56 bits per heavy atom. The number of fused-ring (bicyclic) bond motifs is 1. The van der Waals surface area contributed by atoms with Gasteiger partial charge in [0.25, 0.3) is 0 Å². The summed E-state index contributed by atoms with van der Waals surface area (Å²) in [6.07, 6.45) is 0. The number of esters is 1. The van der Waals surface area contributed by atoms with E-state index in [9.17, 15) is 4.79 Å². The topological polar surface area (TPSA) is 88.6 Å². The molecule has 0 radical (unpaired) electrons. The van der Waals surface area contributed by atoms with Crippen LogP contribution in [0.3, 0.4) is 0 Å². The zero-order valence-corrected chi connectivity index (χ0v) is 21.4. The summed E-state index contributed by atoms with van der Waals surface area (Å²) in [6, 6.07) is 9.24. The lowest BCUT2D eigenvalue weighted by Crippen LogP contribution is -2.36. The normalized spacial score (nSPS) is 13.9. The molecule has 4 rings (SSSR count). The van der Waals surface area contributed by atoms with Crippen LogP contribution in [0.1, 0.15) is 23.0 Å². The van der Waals surface area contributed by atoms with Crippen LogP contribution >= 0.6 is 0 Å². The third kappa shape index (κ3) is 5.03. The number of methoxy groups -OCH3 is 4. The summed E-state index contributed by atoms with van der Waals surface area (Å²) in [6.45, 7) is 5.27. The third-order valence-electron chi connectivity index (χ3n) is 6.19. The van der Waals surface area contributed by atoms with Crippen LogP contribution in [0.2, 0.25) is 0 Å². The summed E-state index contributed by atoms with van der Waals surface area (Å²) in [7, 11) is 6.32. The van der Waals surface area contributed by atoms with Crippen molar-refractivity contribution < 1.29 is 33.2 Å². The van der Waals surface area contributed by atoms with E-state index in [1.807, 2.05) is 30.3 Å². The van der Waals surface area contributed by atoms with Gasteiger partial charge in [0.15, 0.2) is 23.0 Å². The van der Waals surface area contributed by atoms with Gasteiger partial charge in [-0.15, -0.1) is 0 Å². The molecule has 0 saturated carbocycles. The SMILES string of the molecule is CCOC(=O)c1c(CN2CCOCC2)nc2cc(OC)c(OC)cc2c1-c1ccc(OC)c(OC)c1. The van der Waals surface area contributed by atoms with E-state index in [0.717, 1.165) is 24.0 Å². The highest BCUT2D eigenvalue weighted by molar-refractivity contribution is 6.08. The number of morpholine rings is 1. The summed E-state index contributed by atoms with van der Waals surface area (Å²) in [4.78, 5) is 20.6. The predicted molar refractivity (Wildman–Crippen MR) is 135 cm³/mol. The Morgan fingerprint density at radius 3 is 2.19 bits per heavy atom. The van der Waals surface area contributed by atoms with Gasteiger partial charge in [-0.2, -0.15) is 0 Å². The molecule has 0 spiro atoms. The molecular formula is C27H32N2O7. The van der Waals surface area contributed by atoms with Crippen molar-refractivity contribution in [1.29, 1.82) is 0 Å². The highest BCUT2D eigenvalue weighted by Gasteiger charge is 2.27. The lowest BCUT2D eigenvalue weighted by atomic mass is 9.93. The number of carbonyl (C=O) groups is 1. The highest BCUT2D eigenvalue weighted by Crippen LogP contribution is 2.42. The van der Waals surface area contributed by atoms with Gasteiger partial charge >= 0.3 is 5.97 Å². The maximum atomic E-state index is 13.5. The number of ether oxygens (including phenoxy) is 6. The van der Waals surface area contributed by atoms with Gasteiger partial charge in [0.2, 0.25) is 0 Å². The second-order valence-corrected chi connectivity index (χ2v) is 8.21. The van der Waals surface area contributed by atoms with E-state index >= 15 is 0 Å². The zero-order chi connectivity index (χ0) is 25.7. The van der Waals surface area contributed by atoms with E-state index in [4.69, 9.17) is 33.4 Å². The number of pyridine rings is 1. The Hall–Kier alpha value is -3.56. The van der Waals surface area contributed by atoms with Crippen molar-refractivity contribution >= 4 is 16.9 Å². The standard InChI is InChI=1S/C27H32N2O7/c1-6-36-27(30)26-20(16-29-9-11-35-12-10-29)28-19-15-24(34-5)23(33-4)14-18(19)25(26)17-7-8-21(31-2)22(13-17)32-3/h7-8,13-15H,6,9-12,16H2,1-5H3. The second-order valence-electron chi connectivity index (χ2n) is 8.21. The van der Waals surface area contributed by atoms with Gasteiger partial charge in [-0.05, 0) is 30.7 Å². The van der Waals surface area contributed by atoms with Gasteiger partial charge in [0, 0.05) is 36.7 Å². The Kier molecular flexibility index (Phi) is 8.12. The number of nitrogens with zero attached hydrogens (tertiary/aromatic N) is 2. The molecular weight excluding hydrogens is 464 g/mol. The van der Waals surface area contributed by atoms with Crippen molar-refractivity contribution in [2.24, 2.45) is 0 Å². The smallest absolute Gasteiger partial charge is 0.340 e. The van der Waals surface area contributed by atoms with Crippen LogP contribution in [-0.2, 0) is 16.0 Å². The zero-order valence-electron chi connectivity index (χ0n) is 21.4. The molecule has 9 nitrogen and oxygen atoms in total. The monoisotopic (exact) mass is 496 g/mol. The Bertz CT molecular complexity index is 1240. The van der Waals surface area contributed by atoms with Crippen molar-refractivity contribution in [2.75, 3.05) is 61.3 Å². The first-order chi connectivity index (χ1) is 17.5. The molecule has 36 heavy (non-hydrogen) atoms. The van der Waals surface area contributed by atoms with Crippen molar-refractivity contribution in [3.05, 3.63) is 41.6 Å². The number of hydrogen-bond acceptors (Lipinski definition) is 9. The fourth-order valence-corrected chi connectivity index (χ4v) is 4.44. The van der Waals surface area contributed by atoms with Gasteiger partial charge < -0.3 is 28.4 Å². The molecule has 0 aliphatic carbocycles. The predicted octanol–water partition coefficient (Wildman–Crippen LogP) is 3.95. The van der Waals surface area contributed by atoms with E-state index in [-0.39, 0.29) is 6.61 Å². The number of rotatable bonds is 9. The van der Waals surface area contributed by atoms with Crippen molar-refractivity contribution in [3.8, 4) is 34.1 Å². The minimum Gasteiger partial charge on any atom is -0.493 e. The van der Waals surface area contributed by atoms with E-state index in [1.54, 1.807) is 35.4 Å². The van der Waals surface area contributed by atoms with E-state index < -0.39 is 5.97 Å². The molecule has 0 unspecified atom stereocenters. The van der Waals surface area contributed by atoms with E-state index in [0.29, 0.717) is 65.1 Å². The minimum absolute atomic E-state index is 0.241. The van der Waals surface area contributed by atoms with Gasteiger partial charge in [-0.3, -0.25) is 9.88 Å². The highest BCUT2D eigenvalue weighted by atomic mass is 16.5. The second kappa shape index (κ2) is 11.5. The molecule has 0 bridgehead atoms. The molecule has 2 aromatic carbocycles. The first-order valence-corrected chi connectivity index (χ1v) is 11.8. The van der Waals surface area contributed by atoms with Crippen molar-refractivity contribution in [2.45, 2.75) is 13.5 Å². The molecule has 3 aromatic rings. The maximum Gasteiger partial charge on any atom is 0.340 e. The quantitative estimate of drug-likeness (QED) is 0.409. The summed E-state index contributed by atoms with van der Waals surface area (Å²) in [5.41, 5.74) is 3.16. The van der Waals surface area contributed by atoms with E-state index in [2.05, 4.69) is 4.90 Å². The molecule has 1 aliphatic rings. The minimum atomic E-state index is -0.435. The molecule has 0 atom stereocenters. The third-order valence-corrected chi connectivity index (χ3v) is 6.19. The van der Waals surface area contributed by atoms with E-state index in [1.165, 1.54) is 0 Å². The molecule has 1 fully saturated rings. The summed E-state index contributed by atoms with van der Waals surface area (Å²) < 4.78 is 33.2. The molecule has 1 aromatic heterocycles. The first-order valence-electron chi connectivity index (χ1n) is 11.8. The van der Waals surface area contributed by atoms with Crippen LogP contribution in [0.15, 0.2) is 30.3 Å². The van der Waals surface area contributed by atoms with Crippen LogP contribution in [0.25, 0.3) is 22.0 Å². The molecule has 9 heteroatoms. The lowest BCUT2D eigenvalue weighted by molar-refractivity contribution is 0.0331. The maximum absolute atomic E-state index is 13.5. The van der Waals surface area contributed by atoms with Crippen LogP contribution < -0.4 is 18.9 Å². The van der Waals surface area contributed by atoms with Gasteiger partial charge in [-0.25, -0.2) is 4.79 Å². The number of carbonyl (C=O) groups excluding carboxylic acids is 1. The summed E-state index contributed by atoms with van der Waals surface area (Å²) in [5.74, 6) is 1.78. The molecule has 192 valence electrons. The Balaban J connectivity index is 2.05. The average molecular weight is 497 g/mol. The fourth-order valence-electron chi connectivity index (χ4n) is 4.44. The largest absolute Gasteiger partial charge is 0.493 e. The number of benzene rings is 2. The van der Waals surface area contributed by atoms with Crippen LogP contribution in [0, 0.1) is 0 Å². The summed E-state index contributed by atoms with van der Waals surface area (Å²) in [5, 5.41) is 0.730. The molecule has 1 saturated heterocycles. The fraction of sp³-hybridized carbons (Fsp3) is 0.407. The van der Waals surface area contributed by atoms with Gasteiger partial charge in [-0.1, -0.05) is 6.07 Å². The summed E-state index contributed by atoms with van der Waals surface area (Å²) >= 11 is 0. The Morgan fingerprint density at radius 1 is 0.917 bits per heavy atom.